The smallest absolute Gasteiger partial charge is 0.141 e. The first-order valence-corrected chi connectivity index (χ1v) is 6.11. The highest BCUT2D eigenvalue weighted by Crippen LogP contribution is 2.40. The second kappa shape index (κ2) is 4.50. The quantitative estimate of drug-likeness (QED) is 0.899. The van der Waals surface area contributed by atoms with E-state index in [0.717, 1.165) is 12.6 Å². The summed E-state index contributed by atoms with van der Waals surface area (Å²) in [5.41, 5.74) is 3.22. The Morgan fingerprint density at radius 2 is 2.11 bits per heavy atom. The van der Waals surface area contributed by atoms with Crippen molar-refractivity contribution in [1.82, 2.24) is 4.98 Å². The lowest BCUT2D eigenvalue weighted by Crippen LogP contribution is -2.19. The minimum Gasteiger partial charge on any atom is -0.387 e. The van der Waals surface area contributed by atoms with Crippen LogP contribution in [-0.2, 0) is 6.42 Å². The van der Waals surface area contributed by atoms with Gasteiger partial charge in [0, 0.05) is 0 Å². The average Bonchev–Trinajstić information content (AvgIpc) is 2.36. The Bertz CT molecular complexity index is 553. The van der Waals surface area contributed by atoms with Gasteiger partial charge >= 0.3 is 0 Å². The number of aliphatic hydroxyl groups is 1. The highest BCUT2D eigenvalue weighted by molar-refractivity contribution is 5.40. The summed E-state index contributed by atoms with van der Waals surface area (Å²) in [4.78, 5) is 3.92. The Labute approximate surface area is 105 Å². The molecule has 0 spiro atoms. The number of hydrogen-bond donors (Lipinski definition) is 1. The van der Waals surface area contributed by atoms with Crippen molar-refractivity contribution < 1.29 is 9.50 Å². The van der Waals surface area contributed by atoms with Gasteiger partial charge in [0.15, 0.2) is 0 Å². The van der Waals surface area contributed by atoms with E-state index in [9.17, 15) is 9.50 Å². The normalized spacial score (nSPS) is 18.9. The fourth-order valence-corrected chi connectivity index (χ4v) is 2.55. The van der Waals surface area contributed by atoms with Crippen LogP contribution in [-0.4, -0.2) is 10.1 Å². The summed E-state index contributed by atoms with van der Waals surface area (Å²) < 4.78 is 12.7. The topological polar surface area (TPSA) is 33.1 Å². The standard InChI is InChI=1S/C15H14FNO/c16-12-5-6-14(17-9-12)15(18)8-11-7-10-3-1-2-4-13(10)11/h1-6,9,11,15,18H,7-8H2. The number of hydrogen-bond acceptors (Lipinski definition) is 2. The van der Waals surface area contributed by atoms with Gasteiger partial charge in [0.1, 0.15) is 5.82 Å². The molecule has 0 radical (unpaired) electrons. The van der Waals surface area contributed by atoms with Gasteiger partial charge in [-0.05, 0) is 42.0 Å². The van der Waals surface area contributed by atoms with Crippen LogP contribution in [0.4, 0.5) is 4.39 Å². The van der Waals surface area contributed by atoms with Crippen molar-refractivity contribution in [3.8, 4) is 0 Å². The summed E-state index contributed by atoms with van der Waals surface area (Å²) >= 11 is 0. The number of rotatable bonds is 3. The molecule has 0 fully saturated rings. The molecule has 2 atom stereocenters. The second-order valence-corrected chi connectivity index (χ2v) is 4.75. The zero-order valence-electron chi connectivity index (χ0n) is 9.88. The molecule has 2 aromatic rings. The van der Waals surface area contributed by atoms with Crippen molar-refractivity contribution in [2.75, 3.05) is 0 Å². The molecule has 2 unspecified atom stereocenters. The van der Waals surface area contributed by atoms with E-state index >= 15 is 0 Å². The van der Waals surface area contributed by atoms with Gasteiger partial charge in [-0.15, -0.1) is 0 Å². The summed E-state index contributed by atoms with van der Waals surface area (Å²) in [6.07, 6.45) is 2.18. The molecule has 0 saturated carbocycles. The lowest BCUT2D eigenvalue weighted by atomic mass is 9.74. The summed E-state index contributed by atoms with van der Waals surface area (Å²) in [7, 11) is 0. The van der Waals surface area contributed by atoms with Crippen LogP contribution in [0.1, 0.15) is 35.3 Å². The number of aromatic nitrogens is 1. The molecule has 1 aromatic heterocycles. The number of aliphatic hydroxyl groups excluding tert-OH is 1. The molecule has 0 saturated heterocycles. The van der Waals surface area contributed by atoms with E-state index in [0.29, 0.717) is 18.0 Å². The molecular formula is C15H14FNO. The zero-order valence-corrected chi connectivity index (χ0v) is 9.88. The number of benzene rings is 1. The molecule has 0 bridgehead atoms. The van der Waals surface area contributed by atoms with E-state index < -0.39 is 6.10 Å². The number of fused-ring (bicyclic) bond motifs is 1. The summed E-state index contributed by atoms with van der Waals surface area (Å²) in [5, 5.41) is 10.1. The van der Waals surface area contributed by atoms with Crippen LogP contribution in [0.2, 0.25) is 0 Å². The first kappa shape index (κ1) is 11.4. The number of halogens is 1. The van der Waals surface area contributed by atoms with Crippen LogP contribution >= 0.6 is 0 Å². The van der Waals surface area contributed by atoms with Crippen LogP contribution in [0.3, 0.4) is 0 Å². The third kappa shape index (κ3) is 2.02. The third-order valence-corrected chi connectivity index (χ3v) is 3.56. The van der Waals surface area contributed by atoms with Crippen molar-refractivity contribution >= 4 is 0 Å². The van der Waals surface area contributed by atoms with Crippen molar-refractivity contribution in [2.24, 2.45) is 0 Å². The molecule has 1 aliphatic rings. The highest BCUT2D eigenvalue weighted by atomic mass is 19.1. The van der Waals surface area contributed by atoms with Gasteiger partial charge in [0.25, 0.3) is 0 Å². The van der Waals surface area contributed by atoms with E-state index in [1.165, 1.54) is 17.2 Å². The van der Waals surface area contributed by atoms with Crippen molar-refractivity contribution in [1.29, 1.82) is 0 Å². The molecule has 2 nitrogen and oxygen atoms in total. The SMILES string of the molecule is OC(CC1Cc2ccccc21)c1ccc(F)cn1. The second-order valence-electron chi connectivity index (χ2n) is 4.75. The lowest BCUT2D eigenvalue weighted by Gasteiger charge is -2.31. The van der Waals surface area contributed by atoms with E-state index in [-0.39, 0.29) is 5.82 Å². The van der Waals surface area contributed by atoms with E-state index in [1.54, 1.807) is 6.07 Å². The van der Waals surface area contributed by atoms with Gasteiger partial charge in [0.2, 0.25) is 0 Å². The first-order valence-electron chi connectivity index (χ1n) is 6.11. The fraction of sp³-hybridized carbons (Fsp3) is 0.267. The maximum atomic E-state index is 12.7. The Kier molecular flexibility index (Phi) is 2.84. The van der Waals surface area contributed by atoms with E-state index in [4.69, 9.17) is 0 Å². The molecule has 1 N–H and O–H groups in total. The van der Waals surface area contributed by atoms with Gasteiger partial charge in [-0.2, -0.15) is 0 Å². The third-order valence-electron chi connectivity index (χ3n) is 3.56. The maximum Gasteiger partial charge on any atom is 0.141 e. The monoisotopic (exact) mass is 243 g/mol. The van der Waals surface area contributed by atoms with E-state index in [1.807, 2.05) is 12.1 Å². The highest BCUT2D eigenvalue weighted by Gasteiger charge is 2.28. The van der Waals surface area contributed by atoms with Gasteiger partial charge < -0.3 is 5.11 Å². The largest absolute Gasteiger partial charge is 0.387 e. The molecule has 3 heteroatoms. The van der Waals surface area contributed by atoms with Crippen LogP contribution in [0.15, 0.2) is 42.6 Å². The molecule has 1 aromatic carbocycles. The van der Waals surface area contributed by atoms with Gasteiger partial charge in [-0.25, -0.2) is 4.39 Å². The summed E-state index contributed by atoms with van der Waals surface area (Å²) in [5.74, 6) is 0.0167. The fourth-order valence-electron chi connectivity index (χ4n) is 2.55. The van der Waals surface area contributed by atoms with Crippen molar-refractivity contribution in [2.45, 2.75) is 24.9 Å². The molecule has 0 aliphatic heterocycles. The Morgan fingerprint density at radius 1 is 1.28 bits per heavy atom. The molecule has 3 rings (SSSR count). The maximum absolute atomic E-state index is 12.7. The van der Waals surface area contributed by atoms with Crippen LogP contribution in [0.5, 0.6) is 0 Å². The number of nitrogens with zero attached hydrogens (tertiary/aromatic N) is 1. The lowest BCUT2D eigenvalue weighted by molar-refractivity contribution is 0.149. The van der Waals surface area contributed by atoms with Crippen molar-refractivity contribution in [3.05, 3.63) is 65.2 Å². The molecule has 1 aliphatic carbocycles. The minimum absolute atomic E-state index is 0.375. The Morgan fingerprint density at radius 3 is 2.83 bits per heavy atom. The van der Waals surface area contributed by atoms with Crippen molar-refractivity contribution in [3.63, 3.8) is 0 Å². The minimum atomic E-state index is -0.621. The van der Waals surface area contributed by atoms with Gasteiger partial charge in [0.05, 0.1) is 18.0 Å². The molecular weight excluding hydrogens is 229 g/mol. The Balaban J connectivity index is 1.70. The summed E-state index contributed by atoms with van der Waals surface area (Å²) in [6.45, 7) is 0. The molecule has 18 heavy (non-hydrogen) atoms. The van der Waals surface area contributed by atoms with Crippen LogP contribution < -0.4 is 0 Å². The molecule has 0 amide bonds. The zero-order chi connectivity index (χ0) is 12.5. The van der Waals surface area contributed by atoms with E-state index in [2.05, 4.69) is 17.1 Å². The Hall–Kier alpha value is -1.74. The van der Waals surface area contributed by atoms with Crippen LogP contribution in [0, 0.1) is 5.82 Å². The van der Waals surface area contributed by atoms with Crippen LogP contribution in [0.25, 0.3) is 0 Å². The van der Waals surface area contributed by atoms with Gasteiger partial charge in [-0.1, -0.05) is 24.3 Å². The average molecular weight is 243 g/mol. The van der Waals surface area contributed by atoms with Gasteiger partial charge in [-0.3, -0.25) is 4.98 Å². The molecule has 1 heterocycles. The predicted octanol–water partition coefficient (Wildman–Crippen LogP) is 2.98. The molecule has 92 valence electrons. The number of pyridine rings is 1. The summed E-state index contributed by atoms with van der Waals surface area (Å²) in [6, 6.07) is 11.2. The predicted molar refractivity (Wildman–Crippen MR) is 66.7 cm³/mol. The first-order chi connectivity index (χ1) is 8.74.